The summed E-state index contributed by atoms with van der Waals surface area (Å²) in [5.74, 6) is 3.11. The van der Waals surface area contributed by atoms with E-state index in [0.717, 1.165) is 45.1 Å². The SMILES string of the molecule is CCN(CC)CCCCN=C(N)N1CCSCC1. The molecule has 0 aromatic heterocycles. The molecule has 0 aromatic carbocycles. The Bertz CT molecular complexity index is 235. The van der Waals surface area contributed by atoms with E-state index in [1.54, 1.807) is 0 Å². The van der Waals surface area contributed by atoms with E-state index in [1.165, 1.54) is 24.5 Å². The fourth-order valence-electron chi connectivity index (χ4n) is 2.07. The van der Waals surface area contributed by atoms with Crippen molar-refractivity contribution in [3.05, 3.63) is 0 Å². The van der Waals surface area contributed by atoms with Crippen molar-refractivity contribution in [1.29, 1.82) is 0 Å². The summed E-state index contributed by atoms with van der Waals surface area (Å²) >= 11 is 2.00. The van der Waals surface area contributed by atoms with E-state index in [1.807, 2.05) is 11.8 Å². The second-order valence-corrected chi connectivity index (χ2v) is 5.80. The van der Waals surface area contributed by atoms with Crippen LogP contribution in [0.1, 0.15) is 26.7 Å². The molecule has 4 nitrogen and oxygen atoms in total. The van der Waals surface area contributed by atoms with Gasteiger partial charge in [-0.05, 0) is 32.5 Å². The van der Waals surface area contributed by atoms with Crippen LogP contribution in [0.2, 0.25) is 0 Å². The molecule has 1 heterocycles. The van der Waals surface area contributed by atoms with Gasteiger partial charge >= 0.3 is 0 Å². The number of guanidine groups is 1. The zero-order valence-corrected chi connectivity index (χ0v) is 12.7. The van der Waals surface area contributed by atoms with Crippen molar-refractivity contribution in [3.8, 4) is 0 Å². The van der Waals surface area contributed by atoms with Crippen LogP contribution in [-0.4, -0.2) is 66.5 Å². The van der Waals surface area contributed by atoms with E-state index in [0.29, 0.717) is 0 Å². The lowest BCUT2D eigenvalue weighted by Crippen LogP contribution is -2.42. The lowest BCUT2D eigenvalue weighted by atomic mass is 10.3. The van der Waals surface area contributed by atoms with Crippen LogP contribution in [0.15, 0.2) is 4.99 Å². The largest absolute Gasteiger partial charge is 0.370 e. The molecule has 0 unspecified atom stereocenters. The average Bonchev–Trinajstić information content (AvgIpc) is 2.43. The number of nitrogens with zero attached hydrogens (tertiary/aromatic N) is 3. The zero-order valence-electron chi connectivity index (χ0n) is 11.9. The Kier molecular flexibility index (Phi) is 8.25. The smallest absolute Gasteiger partial charge is 0.191 e. The van der Waals surface area contributed by atoms with Gasteiger partial charge in [0.15, 0.2) is 5.96 Å². The minimum Gasteiger partial charge on any atom is -0.370 e. The molecule has 18 heavy (non-hydrogen) atoms. The van der Waals surface area contributed by atoms with Gasteiger partial charge in [0.2, 0.25) is 0 Å². The van der Waals surface area contributed by atoms with Crippen molar-refractivity contribution in [3.63, 3.8) is 0 Å². The maximum atomic E-state index is 6.00. The molecule has 1 rings (SSSR count). The fourth-order valence-corrected chi connectivity index (χ4v) is 2.98. The molecule has 5 heteroatoms. The molecular formula is C13H28N4S. The van der Waals surface area contributed by atoms with Crippen LogP contribution >= 0.6 is 11.8 Å². The van der Waals surface area contributed by atoms with Crippen LogP contribution in [0.25, 0.3) is 0 Å². The lowest BCUT2D eigenvalue weighted by Gasteiger charge is -2.27. The molecule has 0 aliphatic carbocycles. The Morgan fingerprint density at radius 2 is 1.89 bits per heavy atom. The van der Waals surface area contributed by atoms with Crippen molar-refractivity contribution < 1.29 is 0 Å². The van der Waals surface area contributed by atoms with Crippen LogP contribution in [-0.2, 0) is 0 Å². The van der Waals surface area contributed by atoms with Gasteiger partial charge in [-0.2, -0.15) is 11.8 Å². The molecule has 1 aliphatic rings. The van der Waals surface area contributed by atoms with E-state index in [-0.39, 0.29) is 0 Å². The second kappa shape index (κ2) is 9.50. The van der Waals surface area contributed by atoms with Crippen molar-refractivity contribution in [2.75, 3.05) is 50.8 Å². The van der Waals surface area contributed by atoms with Crippen LogP contribution < -0.4 is 5.73 Å². The van der Waals surface area contributed by atoms with E-state index in [4.69, 9.17) is 5.73 Å². The zero-order chi connectivity index (χ0) is 13.2. The summed E-state index contributed by atoms with van der Waals surface area (Å²) in [6, 6.07) is 0. The topological polar surface area (TPSA) is 44.9 Å². The predicted molar refractivity (Wildman–Crippen MR) is 82.4 cm³/mol. The van der Waals surface area contributed by atoms with Gasteiger partial charge in [0.1, 0.15) is 0 Å². The first-order valence-electron chi connectivity index (χ1n) is 7.12. The number of hydrogen-bond donors (Lipinski definition) is 1. The summed E-state index contributed by atoms with van der Waals surface area (Å²) in [5, 5.41) is 0. The highest BCUT2D eigenvalue weighted by atomic mass is 32.2. The Morgan fingerprint density at radius 3 is 2.50 bits per heavy atom. The number of aliphatic imine (C=N–C) groups is 1. The highest BCUT2D eigenvalue weighted by Crippen LogP contribution is 2.08. The Morgan fingerprint density at radius 1 is 1.22 bits per heavy atom. The van der Waals surface area contributed by atoms with Gasteiger partial charge in [-0.3, -0.25) is 4.99 Å². The lowest BCUT2D eigenvalue weighted by molar-refractivity contribution is 0.297. The molecular weight excluding hydrogens is 244 g/mol. The van der Waals surface area contributed by atoms with Gasteiger partial charge in [-0.15, -0.1) is 0 Å². The highest BCUT2D eigenvalue weighted by molar-refractivity contribution is 7.99. The molecule has 1 aliphatic heterocycles. The number of nitrogens with two attached hydrogens (primary N) is 1. The van der Waals surface area contributed by atoms with Gasteiger partial charge in [0.05, 0.1) is 0 Å². The summed E-state index contributed by atoms with van der Waals surface area (Å²) in [6.07, 6.45) is 2.36. The Balaban J connectivity index is 2.11. The molecule has 0 spiro atoms. The third-order valence-corrected chi connectivity index (χ3v) is 4.33. The molecule has 2 N–H and O–H groups in total. The van der Waals surface area contributed by atoms with E-state index in [2.05, 4.69) is 28.6 Å². The van der Waals surface area contributed by atoms with Crippen molar-refractivity contribution in [2.24, 2.45) is 10.7 Å². The molecule has 0 radical (unpaired) electrons. The average molecular weight is 272 g/mol. The quantitative estimate of drug-likeness (QED) is 0.433. The molecule has 0 bridgehead atoms. The van der Waals surface area contributed by atoms with Gasteiger partial charge in [0.25, 0.3) is 0 Å². The van der Waals surface area contributed by atoms with Gasteiger partial charge in [-0.1, -0.05) is 13.8 Å². The highest BCUT2D eigenvalue weighted by Gasteiger charge is 2.11. The summed E-state index contributed by atoms with van der Waals surface area (Å²) in [4.78, 5) is 9.15. The van der Waals surface area contributed by atoms with Gasteiger partial charge in [-0.25, -0.2) is 0 Å². The van der Waals surface area contributed by atoms with Crippen LogP contribution in [0.4, 0.5) is 0 Å². The third kappa shape index (κ3) is 5.96. The van der Waals surface area contributed by atoms with Gasteiger partial charge < -0.3 is 15.5 Å². The summed E-state index contributed by atoms with van der Waals surface area (Å²) < 4.78 is 0. The summed E-state index contributed by atoms with van der Waals surface area (Å²) in [7, 11) is 0. The Hall–Kier alpha value is -0.420. The third-order valence-electron chi connectivity index (χ3n) is 3.39. The molecule has 0 atom stereocenters. The number of hydrogen-bond acceptors (Lipinski definition) is 3. The summed E-state index contributed by atoms with van der Waals surface area (Å²) in [5.41, 5.74) is 6.00. The van der Waals surface area contributed by atoms with Crippen LogP contribution in [0.3, 0.4) is 0 Å². The maximum absolute atomic E-state index is 6.00. The first-order chi connectivity index (χ1) is 8.77. The van der Waals surface area contributed by atoms with Crippen molar-refractivity contribution >= 4 is 17.7 Å². The van der Waals surface area contributed by atoms with Crippen molar-refractivity contribution in [2.45, 2.75) is 26.7 Å². The predicted octanol–water partition coefficient (Wildman–Crippen LogP) is 1.47. The minimum atomic E-state index is 0.748. The fraction of sp³-hybridized carbons (Fsp3) is 0.923. The standard InChI is InChI=1S/C13H28N4S/c1-3-16(4-2)8-6-5-7-15-13(14)17-9-11-18-12-10-17/h3-12H2,1-2H3,(H2,14,15). The molecule has 106 valence electrons. The molecule has 1 saturated heterocycles. The van der Waals surface area contributed by atoms with E-state index >= 15 is 0 Å². The number of rotatable bonds is 7. The number of unbranched alkanes of at least 4 members (excludes halogenated alkanes) is 1. The minimum absolute atomic E-state index is 0.748. The Labute approximate surface area is 116 Å². The van der Waals surface area contributed by atoms with Crippen LogP contribution in [0, 0.1) is 0 Å². The normalized spacial score (nSPS) is 17.5. The van der Waals surface area contributed by atoms with Crippen LogP contribution in [0.5, 0.6) is 0 Å². The van der Waals surface area contributed by atoms with Crippen molar-refractivity contribution in [1.82, 2.24) is 9.80 Å². The summed E-state index contributed by atoms with van der Waals surface area (Å²) in [6.45, 7) is 10.9. The first kappa shape index (κ1) is 15.6. The van der Waals surface area contributed by atoms with Gasteiger partial charge in [0, 0.05) is 31.1 Å². The first-order valence-corrected chi connectivity index (χ1v) is 8.28. The monoisotopic (exact) mass is 272 g/mol. The molecule has 0 amide bonds. The molecule has 0 saturated carbocycles. The molecule has 0 aromatic rings. The maximum Gasteiger partial charge on any atom is 0.191 e. The van der Waals surface area contributed by atoms with E-state index < -0.39 is 0 Å². The van der Waals surface area contributed by atoms with E-state index in [9.17, 15) is 0 Å². The number of thioether (sulfide) groups is 1. The molecule has 1 fully saturated rings. The second-order valence-electron chi connectivity index (χ2n) is 4.57.